The molecule has 0 aliphatic rings. The van der Waals surface area contributed by atoms with Gasteiger partial charge in [0.25, 0.3) is 0 Å². The van der Waals surface area contributed by atoms with Crippen LogP contribution in [0.4, 0.5) is 0 Å². The lowest BCUT2D eigenvalue weighted by atomic mass is 10.0. The van der Waals surface area contributed by atoms with E-state index in [0.717, 1.165) is 18.8 Å². The van der Waals surface area contributed by atoms with E-state index in [1.165, 1.54) is 25.7 Å². The first-order valence-corrected chi connectivity index (χ1v) is 8.98. The van der Waals surface area contributed by atoms with Gasteiger partial charge in [0.2, 0.25) is 0 Å². The van der Waals surface area contributed by atoms with Crippen LogP contribution < -0.4 is 0 Å². The van der Waals surface area contributed by atoms with Crippen molar-refractivity contribution < 1.29 is 24.2 Å². The molecule has 0 spiro atoms. The fraction of sp³-hybridized carbons (Fsp3) is 0.700. The van der Waals surface area contributed by atoms with Crippen LogP contribution in [0, 0.1) is 5.92 Å². The molecule has 146 valence electrons. The molecule has 0 saturated carbocycles. The summed E-state index contributed by atoms with van der Waals surface area (Å²) in [6.07, 6.45) is 7.32. The molecule has 0 aromatic heterocycles. The van der Waals surface area contributed by atoms with Gasteiger partial charge in [0.05, 0.1) is 13.2 Å². The molecule has 0 atom stereocenters. The maximum Gasteiger partial charge on any atom is 0.333 e. The summed E-state index contributed by atoms with van der Waals surface area (Å²) in [6, 6.07) is 0. The third kappa shape index (κ3) is 20.3. The van der Waals surface area contributed by atoms with Crippen molar-refractivity contribution in [2.45, 2.75) is 66.2 Å². The highest BCUT2D eigenvalue weighted by molar-refractivity contribution is 5.87. The van der Waals surface area contributed by atoms with Gasteiger partial charge in [-0.2, -0.15) is 0 Å². The van der Waals surface area contributed by atoms with E-state index >= 15 is 0 Å². The minimum Gasteiger partial charge on any atom is -0.462 e. The van der Waals surface area contributed by atoms with Gasteiger partial charge >= 0.3 is 11.9 Å². The third-order valence-electron chi connectivity index (χ3n) is 3.18. The molecular formula is C20H36O5. The van der Waals surface area contributed by atoms with Crippen LogP contribution in [0.5, 0.6) is 0 Å². The van der Waals surface area contributed by atoms with E-state index in [-0.39, 0.29) is 19.2 Å². The number of carbonyl (C=O) groups is 2. The molecule has 1 N–H and O–H groups in total. The molecule has 0 fully saturated rings. The third-order valence-corrected chi connectivity index (χ3v) is 3.18. The van der Waals surface area contributed by atoms with Crippen LogP contribution >= 0.6 is 0 Å². The molecule has 5 heteroatoms. The van der Waals surface area contributed by atoms with Crippen LogP contribution in [-0.4, -0.2) is 36.9 Å². The van der Waals surface area contributed by atoms with E-state index in [1.807, 2.05) is 0 Å². The lowest BCUT2D eigenvalue weighted by molar-refractivity contribution is -0.140. The van der Waals surface area contributed by atoms with Crippen LogP contribution in [0.3, 0.4) is 0 Å². The van der Waals surface area contributed by atoms with E-state index in [4.69, 9.17) is 9.84 Å². The van der Waals surface area contributed by atoms with Crippen LogP contribution in [0.2, 0.25) is 0 Å². The monoisotopic (exact) mass is 356 g/mol. The highest BCUT2D eigenvalue weighted by Crippen LogP contribution is 2.10. The maximum atomic E-state index is 11.0. The molecule has 0 aliphatic heterocycles. The van der Waals surface area contributed by atoms with Crippen molar-refractivity contribution in [3.05, 3.63) is 24.3 Å². The molecule has 0 amide bonds. The van der Waals surface area contributed by atoms with Gasteiger partial charge in [-0.1, -0.05) is 59.1 Å². The Morgan fingerprint density at radius 3 is 1.72 bits per heavy atom. The quantitative estimate of drug-likeness (QED) is 0.322. The van der Waals surface area contributed by atoms with E-state index in [2.05, 4.69) is 31.7 Å². The Hall–Kier alpha value is -1.62. The summed E-state index contributed by atoms with van der Waals surface area (Å²) in [4.78, 5) is 21.5. The molecule has 0 radical (unpaired) electrons. The molecule has 0 rings (SSSR count). The summed E-state index contributed by atoms with van der Waals surface area (Å²) in [5, 5.41) is 8.19. The summed E-state index contributed by atoms with van der Waals surface area (Å²) < 4.78 is 9.47. The van der Waals surface area contributed by atoms with Crippen LogP contribution in [0.15, 0.2) is 24.3 Å². The number of esters is 2. The van der Waals surface area contributed by atoms with Crippen LogP contribution in [-0.2, 0) is 19.1 Å². The fourth-order valence-electron chi connectivity index (χ4n) is 1.73. The number of unbranched alkanes of at least 4 members (excludes halogenated alkanes) is 4. The molecule has 0 bridgehead atoms. The molecular weight excluding hydrogens is 320 g/mol. The van der Waals surface area contributed by atoms with Crippen molar-refractivity contribution in [2.24, 2.45) is 5.92 Å². The zero-order valence-electron chi connectivity index (χ0n) is 16.4. The second kappa shape index (κ2) is 17.2. The Bertz CT molecular complexity index is 399. The SMILES string of the molecule is C=C(C)C(=O)OCCCCCCCC(C)C.C=C(C)C(=O)OCCO. The fourth-order valence-corrected chi connectivity index (χ4v) is 1.73. The topological polar surface area (TPSA) is 72.8 Å². The average molecular weight is 357 g/mol. The smallest absolute Gasteiger partial charge is 0.333 e. The number of carbonyl (C=O) groups excluding carboxylic acids is 2. The normalized spacial score (nSPS) is 9.84. The molecule has 0 unspecified atom stereocenters. The number of aliphatic hydroxyl groups excluding tert-OH is 1. The summed E-state index contributed by atoms with van der Waals surface area (Å²) in [5.74, 6) is 0.0976. The summed E-state index contributed by atoms with van der Waals surface area (Å²) >= 11 is 0. The predicted octanol–water partition coefficient (Wildman–Crippen LogP) is 4.20. The molecule has 0 heterocycles. The van der Waals surface area contributed by atoms with Crippen molar-refractivity contribution in [3.63, 3.8) is 0 Å². The second-order valence-electron chi connectivity index (χ2n) is 6.51. The van der Waals surface area contributed by atoms with Gasteiger partial charge in [-0.3, -0.25) is 0 Å². The average Bonchev–Trinajstić information content (AvgIpc) is 2.54. The van der Waals surface area contributed by atoms with E-state index in [9.17, 15) is 9.59 Å². The first kappa shape index (κ1) is 25.6. The lowest BCUT2D eigenvalue weighted by Gasteiger charge is -2.05. The summed E-state index contributed by atoms with van der Waals surface area (Å²) in [6.45, 7) is 15.1. The largest absolute Gasteiger partial charge is 0.462 e. The Labute approximate surface area is 153 Å². The van der Waals surface area contributed by atoms with Crippen molar-refractivity contribution in [3.8, 4) is 0 Å². The van der Waals surface area contributed by atoms with Gasteiger partial charge in [-0.15, -0.1) is 0 Å². The number of hydrogen-bond donors (Lipinski definition) is 1. The van der Waals surface area contributed by atoms with E-state index < -0.39 is 5.97 Å². The predicted molar refractivity (Wildman–Crippen MR) is 101 cm³/mol. The Balaban J connectivity index is 0. The molecule has 0 aromatic rings. The van der Waals surface area contributed by atoms with Crippen molar-refractivity contribution in [1.82, 2.24) is 0 Å². The first-order chi connectivity index (χ1) is 11.7. The van der Waals surface area contributed by atoms with Gasteiger partial charge in [0.1, 0.15) is 6.61 Å². The van der Waals surface area contributed by atoms with Gasteiger partial charge in [-0.25, -0.2) is 9.59 Å². The van der Waals surface area contributed by atoms with Crippen molar-refractivity contribution >= 4 is 11.9 Å². The highest BCUT2D eigenvalue weighted by Gasteiger charge is 2.02. The number of aliphatic hydroxyl groups is 1. The Morgan fingerprint density at radius 2 is 1.28 bits per heavy atom. The van der Waals surface area contributed by atoms with Gasteiger partial charge in [-0.05, 0) is 26.2 Å². The van der Waals surface area contributed by atoms with Gasteiger partial charge in [0, 0.05) is 11.1 Å². The zero-order chi connectivity index (χ0) is 19.7. The van der Waals surface area contributed by atoms with Crippen molar-refractivity contribution in [1.29, 1.82) is 0 Å². The number of hydrogen-bond acceptors (Lipinski definition) is 5. The maximum absolute atomic E-state index is 11.0. The van der Waals surface area contributed by atoms with Gasteiger partial charge in [0.15, 0.2) is 0 Å². The Morgan fingerprint density at radius 1 is 0.840 bits per heavy atom. The minimum atomic E-state index is -0.455. The highest BCUT2D eigenvalue weighted by atomic mass is 16.5. The first-order valence-electron chi connectivity index (χ1n) is 8.98. The molecule has 0 saturated heterocycles. The van der Waals surface area contributed by atoms with Crippen LogP contribution in [0.25, 0.3) is 0 Å². The number of ether oxygens (including phenoxy) is 2. The molecule has 25 heavy (non-hydrogen) atoms. The molecule has 5 nitrogen and oxygen atoms in total. The molecule has 0 aliphatic carbocycles. The number of rotatable bonds is 12. The van der Waals surface area contributed by atoms with Crippen molar-refractivity contribution in [2.75, 3.05) is 19.8 Å². The van der Waals surface area contributed by atoms with E-state index in [1.54, 1.807) is 13.8 Å². The van der Waals surface area contributed by atoms with Gasteiger partial charge < -0.3 is 14.6 Å². The van der Waals surface area contributed by atoms with Crippen LogP contribution in [0.1, 0.15) is 66.2 Å². The minimum absolute atomic E-state index is 0.0473. The summed E-state index contributed by atoms with van der Waals surface area (Å²) in [5.41, 5.74) is 0.834. The summed E-state index contributed by atoms with van der Waals surface area (Å²) in [7, 11) is 0. The Kier molecular flexibility index (Phi) is 17.6. The standard InChI is InChI=1S/C14H26O2.C6H10O3/c1-12(2)10-8-6-5-7-9-11-16-14(15)13(3)4;1-5(2)6(8)9-4-3-7/h12H,3,5-11H2,1-2,4H3;7H,1,3-4H2,2H3. The van der Waals surface area contributed by atoms with E-state index in [0.29, 0.717) is 17.8 Å². The lowest BCUT2D eigenvalue weighted by Crippen LogP contribution is -2.08. The zero-order valence-corrected chi connectivity index (χ0v) is 16.4. The second-order valence-corrected chi connectivity index (χ2v) is 6.51. The molecule has 0 aromatic carbocycles.